The zero-order chi connectivity index (χ0) is 22.9. The Labute approximate surface area is 199 Å². The maximum absolute atomic E-state index is 6.25. The van der Waals surface area contributed by atoms with Gasteiger partial charge in [0.15, 0.2) is 0 Å². The molecule has 1 atom stereocenters. The number of pyridine rings is 1. The Kier molecular flexibility index (Phi) is 5.20. The van der Waals surface area contributed by atoms with Gasteiger partial charge in [0.25, 0.3) is 0 Å². The molecule has 6 aromatic rings. The average molecular weight is 440 g/mol. The molecule has 0 aliphatic rings. The summed E-state index contributed by atoms with van der Waals surface area (Å²) in [6.45, 7) is 2.27. The van der Waals surface area contributed by atoms with Crippen LogP contribution in [0.15, 0.2) is 120 Å². The Balaban J connectivity index is 1.44. The molecule has 0 saturated carbocycles. The maximum atomic E-state index is 6.25. The third-order valence-electron chi connectivity index (χ3n) is 6.66. The van der Waals surface area contributed by atoms with Gasteiger partial charge >= 0.3 is 0 Å². The zero-order valence-electron chi connectivity index (χ0n) is 19.1. The highest BCUT2D eigenvalue weighted by Crippen LogP contribution is 2.38. The van der Waals surface area contributed by atoms with Crippen LogP contribution in [-0.2, 0) is 6.42 Å². The van der Waals surface area contributed by atoms with Crippen molar-refractivity contribution in [1.82, 2.24) is 4.98 Å². The number of furan rings is 1. The molecular weight excluding hydrogens is 414 g/mol. The molecule has 2 heterocycles. The Morgan fingerprint density at radius 1 is 0.706 bits per heavy atom. The number of aromatic nitrogens is 1. The van der Waals surface area contributed by atoms with Gasteiger partial charge in [-0.2, -0.15) is 0 Å². The summed E-state index contributed by atoms with van der Waals surface area (Å²) in [5, 5.41) is 2.33. The Hall–Kier alpha value is -4.17. The minimum atomic E-state index is 0.265. The fourth-order valence-electron chi connectivity index (χ4n) is 4.87. The molecule has 0 N–H and O–H groups in total. The first-order valence-electron chi connectivity index (χ1n) is 11.8. The number of fused-ring (bicyclic) bond motifs is 3. The third kappa shape index (κ3) is 3.78. The van der Waals surface area contributed by atoms with Crippen molar-refractivity contribution in [3.63, 3.8) is 0 Å². The van der Waals surface area contributed by atoms with Gasteiger partial charge in [0, 0.05) is 28.5 Å². The predicted molar refractivity (Wildman–Crippen MR) is 140 cm³/mol. The van der Waals surface area contributed by atoms with Crippen LogP contribution in [0, 0.1) is 0 Å². The second kappa shape index (κ2) is 8.64. The van der Waals surface area contributed by atoms with E-state index in [-0.39, 0.29) is 5.92 Å². The number of nitrogens with zero attached hydrogens (tertiary/aromatic N) is 1. The minimum absolute atomic E-state index is 0.265. The molecule has 0 fully saturated rings. The lowest BCUT2D eigenvalue weighted by Gasteiger charge is -2.13. The van der Waals surface area contributed by atoms with E-state index in [4.69, 9.17) is 9.40 Å². The van der Waals surface area contributed by atoms with E-state index in [1.165, 1.54) is 27.6 Å². The fourth-order valence-corrected chi connectivity index (χ4v) is 4.87. The molecule has 1 unspecified atom stereocenters. The van der Waals surface area contributed by atoms with Gasteiger partial charge in [-0.05, 0) is 65.1 Å². The smallest absolute Gasteiger partial charge is 0.135 e. The van der Waals surface area contributed by atoms with Crippen LogP contribution in [0.4, 0.5) is 0 Å². The number of hydrogen-bond acceptors (Lipinski definition) is 2. The van der Waals surface area contributed by atoms with Crippen molar-refractivity contribution < 1.29 is 4.42 Å². The van der Waals surface area contributed by atoms with Crippen LogP contribution in [0.3, 0.4) is 0 Å². The van der Waals surface area contributed by atoms with Gasteiger partial charge in [-0.25, -0.2) is 0 Å². The molecule has 34 heavy (non-hydrogen) atoms. The Morgan fingerprint density at radius 2 is 1.50 bits per heavy atom. The molecule has 4 aromatic carbocycles. The average Bonchev–Trinajstić information content (AvgIpc) is 3.28. The summed E-state index contributed by atoms with van der Waals surface area (Å²) >= 11 is 0. The van der Waals surface area contributed by atoms with E-state index in [0.717, 1.165) is 34.2 Å². The van der Waals surface area contributed by atoms with Gasteiger partial charge in [-0.15, -0.1) is 0 Å². The predicted octanol–water partition coefficient (Wildman–Crippen LogP) is 8.39. The molecule has 164 valence electrons. The molecule has 0 saturated heterocycles. The van der Waals surface area contributed by atoms with E-state index in [2.05, 4.69) is 116 Å². The second-order valence-corrected chi connectivity index (χ2v) is 8.88. The van der Waals surface area contributed by atoms with Crippen molar-refractivity contribution in [2.75, 3.05) is 0 Å². The van der Waals surface area contributed by atoms with Gasteiger partial charge in [-0.1, -0.05) is 79.7 Å². The summed E-state index contributed by atoms with van der Waals surface area (Å²) in [6, 6.07) is 38.3. The van der Waals surface area contributed by atoms with E-state index >= 15 is 0 Å². The molecule has 0 radical (unpaired) electrons. The lowest BCUT2D eigenvalue weighted by Crippen LogP contribution is -1.96. The van der Waals surface area contributed by atoms with Gasteiger partial charge < -0.3 is 4.42 Å². The van der Waals surface area contributed by atoms with E-state index in [1.807, 2.05) is 6.20 Å². The first-order valence-corrected chi connectivity index (χ1v) is 11.8. The second-order valence-electron chi connectivity index (χ2n) is 8.88. The third-order valence-corrected chi connectivity index (χ3v) is 6.66. The molecular formula is C32H25NO. The quantitative estimate of drug-likeness (QED) is 0.269. The maximum Gasteiger partial charge on any atom is 0.135 e. The normalized spacial score (nSPS) is 12.3. The van der Waals surface area contributed by atoms with E-state index in [1.54, 1.807) is 0 Å². The highest BCUT2D eigenvalue weighted by atomic mass is 16.3. The number of rotatable bonds is 5. The molecule has 0 aliphatic carbocycles. The summed E-state index contributed by atoms with van der Waals surface area (Å²) < 4.78 is 6.25. The molecule has 0 amide bonds. The van der Waals surface area contributed by atoms with Crippen LogP contribution < -0.4 is 0 Å². The fraction of sp³-hybridized carbons (Fsp3) is 0.0938. The molecule has 2 heteroatoms. The lowest BCUT2D eigenvalue weighted by atomic mass is 9.89. The van der Waals surface area contributed by atoms with Gasteiger partial charge in [0.1, 0.15) is 11.2 Å². The zero-order valence-corrected chi connectivity index (χ0v) is 19.1. The first kappa shape index (κ1) is 20.4. The van der Waals surface area contributed by atoms with Crippen LogP contribution in [0.2, 0.25) is 0 Å². The SMILES string of the molecule is CC(c1ccccc1)c1cccc2oc3ccc(-c4cc(Cc5ccccc5)ccn4)cc3c12. The topological polar surface area (TPSA) is 26.0 Å². The van der Waals surface area contributed by atoms with Crippen molar-refractivity contribution in [3.8, 4) is 11.3 Å². The van der Waals surface area contributed by atoms with Crippen molar-refractivity contribution in [2.24, 2.45) is 0 Å². The molecule has 2 aromatic heterocycles. The van der Waals surface area contributed by atoms with Gasteiger partial charge in [-0.3, -0.25) is 4.98 Å². The summed E-state index contributed by atoms with van der Waals surface area (Å²) in [4.78, 5) is 4.70. The van der Waals surface area contributed by atoms with Crippen molar-refractivity contribution in [2.45, 2.75) is 19.3 Å². The standard InChI is InChI=1S/C32H25NO/c1-22(25-11-6-3-7-12-25)27-13-8-14-31-32(27)28-21-26(15-16-30(28)34-31)29-20-24(17-18-33-29)19-23-9-4-2-5-10-23/h2-18,20-22H,19H2,1H3. The van der Waals surface area contributed by atoms with Crippen LogP contribution in [-0.4, -0.2) is 4.98 Å². The largest absolute Gasteiger partial charge is 0.456 e. The van der Waals surface area contributed by atoms with Crippen LogP contribution >= 0.6 is 0 Å². The highest BCUT2D eigenvalue weighted by Gasteiger charge is 2.17. The Bertz CT molecular complexity index is 1580. The van der Waals surface area contributed by atoms with Crippen molar-refractivity contribution in [1.29, 1.82) is 0 Å². The van der Waals surface area contributed by atoms with Crippen LogP contribution in [0.25, 0.3) is 33.2 Å². The molecule has 6 rings (SSSR count). The summed E-state index contributed by atoms with van der Waals surface area (Å²) in [5.41, 5.74) is 9.07. The van der Waals surface area contributed by atoms with Crippen molar-refractivity contribution >= 4 is 21.9 Å². The Morgan fingerprint density at radius 3 is 2.32 bits per heavy atom. The summed E-state index contributed by atoms with van der Waals surface area (Å²) in [7, 11) is 0. The van der Waals surface area contributed by atoms with E-state index < -0.39 is 0 Å². The lowest BCUT2D eigenvalue weighted by molar-refractivity contribution is 0.668. The highest BCUT2D eigenvalue weighted by molar-refractivity contribution is 6.08. The minimum Gasteiger partial charge on any atom is -0.456 e. The number of benzene rings is 4. The van der Waals surface area contributed by atoms with Crippen LogP contribution in [0.5, 0.6) is 0 Å². The van der Waals surface area contributed by atoms with E-state index in [9.17, 15) is 0 Å². The van der Waals surface area contributed by atoms with Gasteiger partial charge in [0.05, 0.1) is 5.69 Å². The first-order chi connectivity index (χ1) is 16.8. The van der Waals surface area contributed by atoms with Gasteiger partial charge in [0.2, 0.25) is 0 Å². The molecule has 2 nitrogen and oxygen atoms in total. The molecule has 0 spiro atoms. The summed E-state index contributed by atoms with van der Waals surface area (Å²) in [5.74, 6) is 0.265. The van der Waals surface area contributed by atoms with Crippen molar-refractivity contribution in [3.05, 3.63) is 138 Å². The monoisotopic (exact) mass is 439 g/mol. The summed E-state index contributed by atoms with van der Waals surface area (Å²) in [6.07, 6.45) is 2.81. The molecule has 0 aliphatic heterocycles. The van der Waals surface area contributed by atoms with Crippen LogP contribution in [0.1, 0.15) is 35.1 Å². The number of hydrogen-bond donors (Lipinski definition) is 0. The molecule has 0 bridgehead atoms. The van der Waals surface area contributed by atoms with E-state index in [0.29, 0.717) is 0 Å².